The number of nitrogens with zero attached hydrogens (tertiary/aromatic N) is 2. The summed E-state index contributed by atoms with van der Waals surface area (Å²) in [5.74, 6) is -0.0268. The van der Waals surface area contributed by atoms with Crippen LogP contribution in [0.5, 0.6) is 0 Å². The molecule has 2 heterocycles. The highest BCUT2D eigenvalue weighted by atomic mass is 16.2. The van der Waals surface area contributed by atoms with Crippen molar-refractivity contribution in [2.45, 2.75) is 40.5 Å². The van der Waals surface area contributed by atoms with Gasteiger partial charge in [0.1, 0.15) is 5.69 Å². The van der Waals surface area contributed by atoms with E-state index in [9.17, 15) is 9.59 Å². The average Bonchev–Trinajstić information content (AvgIpc) is 2.96. The fraction of sp³-hybridized carbons (Fsp3) is 0.684. The average molecular weight is 348 g/mol. The zero-order valence-electron chi connectivity index (χ0n) is 16.0. The van der Waals surface area contributed by atoms with Crippen LogP contribution in [0, 0.1) is 19.8 Å². The van der Waals surface area contributed by atoms with Crippen molar-refractivity contribution in [1.29, 1.82) is 0 Å². The molecule has 6 heteroatoms. The lowest BCUT2D eigenvalue weighted by atomic mass is 9.96. The maximum Gasteiger partial charge on any atom is 0.270 e. The Hall–Kier alpha value is -1.82. The molecule has 0 saturated carbocycles. The van der Waals surface area contributed by atoms with Gasteiger partial charge in [0, 0.05) is 31.9 Å². The van der Waals surface area contributed by atoms with Gasteiger partial charge < -0.3 is 20.1 Å². The molecule has 2 rings (SSSR count). The second kappa shape index (κ2) is 9.04. The summed E-state index contributed by atoms with van der Waals surface area (Å²) in [7, 11) is 0. The van der Waals surface area contributed by atoms with Crippen LogP contribution in [-0.2, 0) is 4.79 Å². The molecule has 25 heavy (non-hydrogen) atoms. The van der Waals surface area contributed by atoms with Crippen molar-refractivity contribution >= 4 is 11.8 Å². The number of aromatic amines is 1. The third kappa shape index (κ3) is 5.08. The summed E-state index contributed by atoms with van der Waals surface area (Å²) in [6, 6.07) is 1.98. The van der Waals surface area contributed by atoms with Crippen LogP contribution >= 0.6 is 0 Å². The van der Waals surface area contributed by atoms with Gasteiger partial charge in [0.2, 0.25) is 5.91 Å². The summed E-state index contributed by atoms with van der Waals surface area (Å²) in [5.41, 5.74) is 2.61. The summed E-state index contributed by atoms with van der Waals surface area (Å²) in [5, 5.41) is 3.04. The number of piperidine rings is 1. The Morgan fingerprint density at radius 1 is 1.32 bits per heavy atom. The van der Waals surface area contributed by atoms with Crippen molar-refractivity contribution in [2.75, 3.05) is 39.3 Å². The minimum absolute atomic E-state index is 0.00578. The van der Waals surface area contributed by atoms with Crippen LogP contribution in [0.2, 0.25) is 0 Å². The molecule has 0 bridgehead atoms. The number of amides is 2. The largest absolute Gasteiger partial charge is 0.355 e. The molecule has 1 aliphatic heterocycles. The van der Waals surface area contributed by atoms with Crippen LogP contribution in [0.1, 0.15) is 48.4 Å². The molecule has 1 unspecified atom stereocenters. The first-order valence-corrected chi connectivity index (χ1v) is 9.41. The summed E-state index contributed by atoms with van der Waals surface area (Å²) in [6.45, 7) is 12.9. The smallest absolute Gasteiger partial charge is 0.270 e. The number of aryl methyl sites for hydroxylation is 2. The molecule has 140 valence electrons. The summed E-state index contributed by atoms with van der Waals surface area (Å²) in [6.07, 6.45) is 1.72. The Kier molecular flexibility index (Phi) is 7.05. The molecule has 1 aliphatic rings. The predicted octanol–water partition coefficient (Wildman–Crippen LogP) is 1.94. The van der Waals surface area contributed by atoms with Gasteiger partial charge in [-0.3, -0.25) is 9.59 Å². The fourth-order valence-corrected chi connectivity index (χ4v) is 3.51. The number of hydrogen-bond acceptors (Lipinski definition) is 3. The lowest BCUT2D eigenvalue weighted by Crippen LogP contribution is -2.46. The Bertz CT molecular complexity index is 592. The molecule has 1 aromatic rings. The maximum absolute atomic E-state index is 12.7. The Labute approximate surface area is 151 Å². The zero-order chi connectivity index (χ0) is 18.4. The minimum Gasteiger partial charge on any atom is -0.355 e. The number of likely N-dealkylation sites (N-methyl/N-ethyl adjacent to an activating group) is 1. The molecule has 2 N–H and O–H groups in total. The van der Waals surface area contributed by atoms with Crippen LogP contribution in [0.15, 0.2) is 6.07 Å². The molecule has 1 saturated heterocycles. The minimum atomic E-state index is -0.106. The van der Waals surface area contributed by atoms with E-state index in [1.165, 1.54) is 0 Å². The maximum atomic E-state index is 12.7. The first kappa shape index (κ1) is 19.5. The molecule has 1 atom stereocenters. The lowest BCUT2D eigenvalue weighted by Gasteiger charge is -2.32. The van der Waals surface area contributed by atoms with E-state index in [2.05, 4.69) is 29.0 Å². The van der Waals surface area contributed by atoms with Crippen molar-refractivity contribution in [3.8, 4) is 0 Å². The predicted molar refractivity (Wildman–Crippen MR) is 99.7 cm³/mol. The highest BCUT2D eigenvalue weighted by molar-refractivity contribution is 5.94. The van der Waals surface area contributed by atoms with E-state index in [1.807, 2.05) is 24.8 Å². The van der Waals surface area contributed by atoms with E-state index in [0.717, 1.165) is 50.3 Å². The number of nitrogens with one attached hydrogen (secondary N) is 2. The van der Waals surface area contributed by atoms with E-state index in [-0.39, 0.29) is 17.7 Å². The molecule has 1 aromatic heterocycles. The molecule has 0 radical (unpaired) electrons. The fourth-order valence-electron chi connectivity index (χ4n) is 3.51. The molecule has 0 aromatic carbocycles. The van der Waals surface area contributed by atoms with Gasteiger partial charge in [-0.05, 0) is 51.4 Å². The molecule has 0 spiro atoms. The topological polar surface area (TPSA) is 68.4 Å². The number of rotatable bonds is 7. The van der Waals surface area contributed by atoms with E-state index in [1.54, 1.807) is 0 Å². The standard InChI is InChI=1S/C19H32N4O2/c1-5-22(6-2)11-9-20-18(24)16-8-7-10-23(13-16)19(25)17-14(3)12-15(4)21-17/h12,16,21H,5-11,13H2,1-4H3,(H,20,24). The molecule has 6 nitrogen and oxygen atoms in total. The number of carbonyl (C=O) groups is 2. The molecule has 0 aliphatic carbocycles. The first-order chi connectivity index (χ1) is 12.0. The van der Waals surface area contributed by atoms with Crippen molar-refractivity contribution in [2.24, 2.45) is 5.92 Å². The summed E-state index contributed by atoms with van der Waals surface area (Å²) < 4.78 is 0. The van der Waals surface area contributed by atoms with E-state index < -0.39 is 0 Å². The molecular weight excluding hydrogens is 316 g/mol. The van der Waals surface area contributed by atoms with Crippen molar-refractivity contribution < 1.29 is 9.59 Å². The molecule has 2 amide bonds. The number of hydrogen-bond donors (Lipinski definition) is 2. The van der Waals surface area contributed by atoms with Crippen LogP contribution in [0.25, 0.3) is 0 Å². The third-order valence-electron chi connectivity index (χ3n) is 5.06. The Morgan fingerprint density at radius 3 is 2.64 bits per heavy atom. The molecular formula is C19H32N4O2. The van der Waals surface area contributed by atoms with E-state index in [0.29, 0.717) is 18.8 Å². The van der Waals surface area contributed by atoms with Crippen LogP contribution < -0.4 is 5.32 Å². The van der Waals surface area contributed by atoms with Gasteiger partial charge in [-0.2, -0.15) is 0 Å². The molecule has 1 fully saturated rings. The van der Waals surface area contributed by atoms with Crippen molar-refractivity contribution in [3.63, 3.8) is 0 Å². The normalized spacial score (nSPS) is 17.8. The van der Waals surface area contributed by atoms with E-state index >= 15 is 0 Å². The quantitative estimate of drug-likeness (QED) is 0.791. The van der Waals surface area contributed by atoms with Crippen LogP contribution in [-0.4, -0.2) is 65.9 Å². The number of likely N-dealkylation sites (tertiary alicyclic amines) is 1. The third-order valence-corrected chi connectivity index (χ3v) is 5.06. The SMILES string of the molecule is CCN(CC)CCNC(=O)C1CCCN(C(=O)c2[nH]c(C)cc2C)C1. The monoisotopic (exact) mass is 348 g/mol. The second-order valence-corrected chi connectivity index (χ2v) is 6.92. The zero-order valence-corrected chi connectivity index (χ0v) is 16.0. The van der Waals surface area contributed by atoms with E-state index in [4.69, 9.17) is 0 Å². The first-order valence-electron chi connectivity index (χ1n) is 9.41. The van der Waals surface area contributed by atoms with Gasteiger partial charge in [-0.25, -0.2) is 0 Å². The van der Waals surface area contributed by atoms with Crippen molar-refractivity contribution in [3.05, 3.63) is 23.0 Å². The van der Waals surface area contributed by atoms with Gasteiger partial charge in [-0.1, -0.05) is 13.8 Å². The summed E-state index contributed by atoms with van der Waals surface area (Å²) >= 11 is 0. The highest BCUT2D eigenvalue weighted by Crippen LogP contribution is 2.20. The highest BCUT2D eigenvalue weighted by Gasteiger charge is 2.29. The Morgan fingerprint density at radius 2 is 2.04 bits per heavy atom. The lowest BCUT2D eigenvalue weighted by molar-refractivity contribution is -0.126. The summed E-state index contributed by atoms with van der Waals surface area (Å²) in [4.78, 5) is 32.4. The Balaban J connectivity index is 1.88. The van der Waals surface area contributed by atoms with Crippen molar-refractivity contribution in [1.82, 2.24) is 20.1 Å². The number of aromatic nitrogens is 1. The van der Waals surface area contributed by atoms with Crippen LogP contribution in [0.3, 0.4) is 0 Å². The van der Waals surface area contributed by atoms with Gasteiger partial charge in [-0.15, -0.1) is 0 Å². The van der Waals surface area contributed by atoms with Crippen LogP contribution in [0.4, 0.5) is 0 Å². The van der Waals surface area contributed by atoms with Gasteiger partial charge in [0.15, 0.2) is 0 Å². The number of H-pyrrole nitrogens is 1. The van der Waals surface area contributed by atoms with Gasteiger partial charge in [0.05, 0.1) is 5.92 Å². The van der Waals surface area contributed by atoms with Gasteiger partial charge in [0.25, 0.3) is 5.91 Å². The van der Waals surface area contributed by atoms with Gasteiger partial charge >= 0.3 is 0 Å². The second-order valence-electron chi connectivity index (χ2n) is 6.92. The number of carbonyl (C=O) groups excluding carboxylic acids is 2.